The van der Waals surface area contributed by atoms with E-state index in [0.29, 0.717) is 104 Å². The maximum Gasteiger partial charge on any atom is 0.308 e. The Morgan fingerprint density at radius 1 is 0.681 bits per heavy atom. The van der Waals surface area contributed by atoms with Crippen LogP contribution < -0.4 is 16.0 Å². The molecule has 3 N–H and O–H groups in total. The summed E-state index contributed by atoms with van der Waals surface area (Å²) in [6, 6.07) is 5.56. The Morgan fingerprint density at radius 2 is 1.19 bits per heavy atom. The molecule has 408 valence electrons. The molecule has 1 fully saturated rings. The Labute approximate surface area is 425 Å². The second-order valence-electron chi connectivity index (χ2n) is 17.7. The highest BCUT2D eigenvalue weighted by Crippen LogP contribution is 2.13. The lowest BCUT2D eigenvalue weighted by molar-refractivity contribution is -0.148. The number of benzene rings is 1. The number of carbonyl (C=O) groups is 8. The van der Waals surface area contributed by atoms with Crippen molar-refractivity contribution in [1.29, 1.82) is 0 Å². The zero-order valence-corrected chi connectivity index (χ0v) is 43.5. The van der Waals surface area contributed by atoms with Gasteiger partial charge in [-0.25, -0.2) is 0 Å². The Balaban J connectivity index is 2.13. The summed E-state index contributed by atoms with van der Waals surface area (Å²) in [5.41, 5.74) is 1.18. The summed E-state index contributed by atoms with van der Waals surface area (Å²) in [4.78, 5) is 108. The number of hydrogen-bond acceptors (Lipinski definition) is 16. The van der Waals surface area contributed by atoms with Gasteiger partial charge in [0.05, 0.1) is 105 Å². The molecule has 22 heteroatoms. The largest absolute Gasteiger partial charge is 0.461 e. The Morgan fingerprint density at radius 3 is 1.67 bits per heavy atom. The van der Waals surface area contributed by atoms with Gasteiger partial charge in [0.2, 0.25) is 41.9 Å². The van der Waals surface area contributed by atoms with Gasteiger partial charge in [0, 0.05) is 37.7 Å². The molecule has 1 aliphatic rings. The van der Waals surface area contributed by atoms with E-state index >= 15 is 0 Å². The van der Waals surface area contributed by atoms with Crippen LogP contribution >= 0.6 is 0 Å². The van der Waals surface area contributed by atoms with Crippen molar-refractivity contribution in [2.45, 2.75) is 86.3 Å². The molecule has 0 aliphatic carbocycles. The number of nitrogens with one attached hydrogen (secondary N) is 3. The zero-order chi connectivity index (χ0) is 52.9. The van der Waals surface area contributed by atoms with Gasteiger partial charge in [-0.1, -0.05) is 60.1 Å². The first-order valence-electron chi connectivity index (χ1n) is 25.1. The topological polar surface area (TPSA) is 256 Å². The molecule has 1 aliphatic heterocycles. The van der Waals surface area contributed by atoms with E-state index in [1.807, 2.05) is 6.92 Å². The van der Waals surface area contributed by atoms with Gasteiger partial charge in [-0.05, 0) is 42.9 Å². The molecule has 1 heterocycles. The predicted molar refractivity (Wildman–Crippen MR) is 264 cm³/mol. The van der Waals surface area contributed by atoms with Crippen LogP contribution in [0.1, 0.15) is 79.2 Å². The van der Waals surface area contributed by atoms with Crippen molar-refractivity contribution in [2.24, 2.45) is 17.8 Å². The van der Waals surface area contributed by atoms with Crippen molar-refractivity contribution in [3.63, 3.8) is 0 Å². The molecule has 0 aromatic heterocycles. The van der Waals surface area contributed by atoms with Gasteiger partial charge >= 0.3 is 5.97 Å². The number of ether oxygens (including phenoxy) is 8. The molecule has 1 aromatic carbocycles. The predicted octanol–water partition coefficient (Wildman–Crippen LogP) is 1.96. The van der Waals surface area contributed by atoms with Gasteiger partial charge in [-0.15, -0.1) is 0 Å². The molecule has 72 heavy (non-hydrogen) atoms. The van der Waals surface area contributed by atoms with Crippen LogP contribution in [0.3, 0.4) is 0 Å². The van der Waals surface area contributed by atoms with E-state index < -0.39 is 61.1 Å². The van der Waals surface area contributed by atoms with E-state index in [-0.39, 0.29) is 82.8 Å². The maximum atomic E-state index is 14.1. The zero-order valence-electron chi connectivity index (χ0n) is 43.5. The summed E-state index contributed by atoms with van der Waals surface area (Å²) in [6.07, 6.45) is 2.32. The van der Waals surface area contributed by atoms with Crippen molar-refractivity contribution in [2.75, 3.05) is 137 Å². The monoisotopic (exact) mass is 1020 g/mol. The number of esters is 1. The Bertz CT molecular complexity index is 1730. The van der Waals surface area contributed by atoms with Crippen molar-refractivity contribution in [3.05, 3.63) is 29.8 Å². The summed E-state index contributed by atoms with van der Waals surface area (Å²) in [5, 5.41) is 7.93. The lowest BCUT2D eigenvalue weighted by Crippen LogP contribution is -2.54. The Hall–Kier alpha value is -5.10. The molecule has 0 bridgehead atoms. The SMILES string of the molecule is CCC(C)C(=O)N(C=O)CCCCCC(=O)N(CC(=O)NC(C(=O)NCC(=O)Nc1ccc(COC(=O)C(C)C)cc1)C(C)C)CC(=O)N1CCOCCOCCOCCOCCOCCOCCOCC1. The van der Waals surface area contributed by atoms with E-state index in [2.05, 4.69) is 16.0 Å². The van der Waals surface area contributed by atoms with Gasteiger partial charge in [-0.3, -0.25) is 43.3 Å². The van der Waals surface area contributed by atoms with Gasteiger partial charge in [0.15, 0.2) is 0 Å². The average Bonchev–Trinajstić information content (AvgIpc) is 3.36. The summed E-state index contributed by atoms with van der Waals surface area (Å²) in [6.45, 7) is 14.2. The summed E-state index contributed by atoms with van der Waals surface area (Å²) in [7, 11) is 0. The second-order valence-corrected chi connectivity index (χ2v) is 17.7. The molecule has 2 atom stereocenters. The third kappa shape index (κ3) is 28.2. The van der Waals surface area contributed by atoms with Gasteiger partial charge in [0.1, 0.15) is 25.7 Å². The van der Waals surface area contributed by atoms with E-state index in [1.165, 1.54) is 4.90 Å². The van der Waals surface area contributed by atoms with E-state index in [4.69, 9.17) is 37.9 Å². The lowest BCUT2D eigenvalue weighted by Gasteiger charge is -2.28. The normalized spacial score (nSPS) is 16.3. The van der Waals surface area contributed by atoms with E-state index in [9.17, 15) is 38.4 Å². The number of unbranched alkanes of at least 4 members (excludes halogenated alkanes) is 2. The molecule has 22 nitrogen and oxygen atoms in total. The molecule has 0 saturated carbocycles. The van der Waals surface area contributed by atoms with Gasteiger partial charge in [-0.2, -0.15) is 0 Å². The molecule has 0 radical (unpaired) electrons. The number of nitrogens with zero attached hydrogens (tertiary/aromatic N) is 3. The highest BCUT2D eigenvalue weighted by Gasteiger charge is 2.28. The molecule has 2 unspecified atom stereocenters. The standard InChI is InChI=1S/C50H82N6O16/c1-7-40(6)49(63)55(37-57)16-10-8-9-11-45(60)56(35-46(61)54-17-19-65-21-23-67-25-27-69-29-31-71-32-30-70-28-26-68-24-22-66-20-18-54)34-44(59)53-47(38(2)3)48(62)51-33-43(58)52-42-14-12-41(13-15-42)36-72-50(64)39(4)5/h12-15,37-40,47H,7-11,16-36H2,1-6H3,(H,51,62)(H,52,58)(H,53,59). The van der Waals surface area contributed by atoms with Crippen molar-refractivity contribution < 1.29 is 76.3 Å². The van der Waals surface area contributed by atoms with Crippen LogP contribution in [0.2, 0.25) is 0 Å². The number of amides is 7. The molecule has 0 spiro atoms. The van der Waals surface area contributed by atoms with Crippen molar-refractivity contribution in [3.8, 4) is 0 Å². The number of carbonyl (C=O) groups excluding carboxylic acids is 8. The molecular weight excluding hydrogens is 941 g/mol. The first-order valence-corrected chi connectivity index (χ1v) is 25.1. The minimum Gasteiger partial charge on any atom is -0.461 e. The lowest BCUT2D eigenvalue weighted by atomic mass is 10.0. The third-order valence-electron chi connectivity index (χ3n) is 11.1. The van der Waals surface area contributed by atoms with E-state index in [0.717, 1.165) is 15.4 Å². The third-order valence-corrected chi connectivity index (χ3v) is 11.1. The number of anilines is 1. The first kappa shape index (κ1) is 63.0. The fourth-order valence-electron chi connectivity index (χ4n) is 6.61. The van der Waals surface area contributed by atoms with Gasteiger partial charge in [0.25, 0.3) is 0 Å². The minimum absolute atomic E-state index is 0.0471. The Kier molecular flexibility index (Phi) is 33.7. The molecular formula is C50H82N6O16. The summed E-state index contributed by atoms with van der Waals surface area (Å²) >= 11 is 0. The van der Waals surface area contributed by atoms with Gasteiger partial charge < -0.3 is 63.6 Å². The van der Waals surface area contributed by atoms with Crippen LogP contribution in [0.15, 0.2) is 24.3 Å². The fraction of sp³-hybridized carbons (Fsp3) is 0.720. The molecule has 1 saturated heterocycles. The molecule has 2 rings (SSSR count). The molecule has 1 aromatic rings. The van der Waals surface area contributed by atoms with Crippen molar-refractivity contribution in [1.82, 2.24) is 25.3 Å². The highest BCUT2D eigenvalue weighted by molar-refractivity contribution is 5.96. The molecule has 7 amide bonds. The fourth-order valence-corrected chi connectivity index (χ4v) is 6.61. The average molecular weight is 1020 g/mol. The van der Waals surface area contributed by atoms with Crippen LogP contribution in [0.4, 0.5) is 5.69 Å². The van der Waals surface area contributed by atoms with Crippen LogP contribution in [0, 0.1) is 17.8 Å². The number of hydrogen-bond donors (Lipinski definition) is 3. The summed E-state index contributed by atoms with van der Waals surface area (Å²) < 4.78 is 44.4. The second kappa shape index (κ2) is 38.5. The number of imide groups is 1. The number of rotatable bonds is 22. The summed E-state index contributed by atoms with van der Waals surface area (Å²) in [5.74, 6) is -4.47. The first-order chi connectivity index (χ1) is 34.7. The van der Waals surface area contributed by atoms with Crippen molar-refractivity contribution >= 4 is 53.5 Å². The quantitative estimate of drug-likeness (QED) is 0.0853. The van der Waals surface area contributed by atoms with Crippen LogP contribution in [-0.2, 0) is 82.9 Å². The van der Waals surface area contributed by atoms with Crippen LogP contribution in [-0.4, -0.2) is 200 Å². The maximum absolute atomic E-state index is 14.1. The smallest absolute Gasteiger partial charge is 0.308 e. The van der Waals surface area contributed by atoms with Crippen LogP contribution in [0.25, 0.3) is 0 Å². The minimum atomic E-state index is -1.11. The highest BCUT2D eigenvalue weighted by atomic mass is 16.6. The van der Waals surface area contributed by atoms with E-state index in [1.54, 1.807) is 58.9 Å². The van der Waals surface area contributed by atoms with Crippen LogP contribution in [0.5, 0.6) is 0 Å².